The van der Waals surface area contributed by atoms with Crippen LogP contribution in [0, 0.1) is 0 Å². The number of benzene rings is 1. The van der Waals surface area contributed by atoms with E-state index in [1.54, 1.807) is 6.07 Å². The minimum Gasteiger partial charge on any atom is -0.243 e. The van der Waals surface area contributed by atoms with E-state index in [1.807, 2.05) is 0 Å². The Hall–Kier alpha value is -0.810. The Morgan fingerprint density at radius 1 is 1.19 bits per heavy atom. The van der Waals surface area contributed by atoms with Crippen LogP contribution in [0.3, 0.4) is 0 Å². The topological polar surface area (TPSA) is 12.9 Å². The van der Waals surface area contributed by atoms with Gasteiger partial charge >= 0.3 is 6.18 Å². The molecule has 0 aliphatic carbocycles. The van der Waals surface area contributed by atoms with Gasteiger partial charge in [0.05, 0.1) is 5.52 Å². The number of alkyl halides is 3. The van der Waals surface area contributed by atoms with Crippen LogP contribution in [0.2, 0.25) is 5.02 Å². The van der Waals surface area contributed by atoms with Gasteiger partial charge in [0.25, 0.3) is 0 Å². The molecule has 84 valence electrons. The molecule has 0 fully saturated rings. The van der Waals surface area contributed by atoms with Crippen LogP contribution in [-0.4, -0.2) is 4.98 Å². The summed E-state index contributed by atoms with van der Waals surface area (Å²) in [5.41, 5.74) is -0.666. The number of hydrogen-bond acceptors (Lipinski definition) is 1. The minimum atomic E-state index is -4.45. The smallest absolute Gasteiger partial charge is 0.243 e. The van der Waals surface area contributed by atoms with Crippen LogP contribution in [0.5, 0.6) is 0 Å². The van der Waals surface area contributed by atoms with E-state index in [-0.39, 0.29) is 5.52 Å². The van der Waals surface area contributed by atoms with Crippen molar-refractivity contribution < 1.29 is 13.2 Å². The Morgan fingerprint density at radius 3 is 2.50 bits per heavy atom. The Balaban J connectivity index is 2.74. The molecule has 0 saturated heterocycles. The average Bonchev–Trinajstić information content (AvgIpc) is 2.17. The number of rotatable bonds is 0. The predicted octanol–water partition coefficient (Wildman–Crippen LogP) is 4.67. The summed E-state index contributed by atoms with van der Waals surface area (Å²) in [4.78, 5) is 3.53. The second kappa shape index (κ2) is 3.89. The van der Waals surface area contributed by atoms with Gasteiger partial charge in [-0.3, -0.25) is 0 Å². The van der Waals surface area contributed by atoms with Gasteiger partial charge in [-0.2, -0.15) is 13.2 Å². The summed E-state index contributed by atoms with van der Waals surface area (Å²) in [5, 5.41) is 1.01. The largest absolute Gasteiger partial charge is 0.433 e. The number of nitrogens with zero attached hydrogens (tertiary/aromatic N) is 1. The zero-order valence-electron chi connectivity index (χ0n) is 7.65. The van der Waals surface area contributed by atoms with Gasteiger partial charge in [0, 0.05) is 14.9 Å². The van der Waals surface area contributed by atoms with Crippen molar-refractivity contribution >= 4 is 38.4 Å². The SMILES string of the molecule is FC(F)(F)c1cc(Br)c2cc(Cl)ccc2n1. The zero-order valence-corrected chi connectivity index (χ0v) is 9.99. The van der Waals surface area contributed by atoms with Crippen molar-refractivity contribution in [1.29, 1.82) is 0 Å². The van der Waals surface area contributed by atoms with E-state index < -0.39 is 11.9 Å². The molecule has 1 nitrogen and oxygen atoms in total. The fourth-order valence-corrected chi connectivity index (χ4v) is 2.01. The van der Waals surface area contributed by atoms with E-state index in [1.165, 1.54) is 12.1 Å². The zero-order chi connectivity index (χ0) is 11.9. The van der Waals surface area contributed by atoms with Gasteiger partial charge in [-0.05, 0) is 24.3 Å². The molecule has 6 heteroatoms. The predicted molar refractivity (Wildman–Crippen MR) is 59.5 cm³/mol. The second-order valence-electron chi connectivity index (χ2n) is 3.15. The van der Waals surface area contributed by atoms with Crippen molar-refractivity contribution in [2.75, 3.05) is 0 Å². The molecular weight excluding hydrogens is 306 g/mol. The first-order chi connectivity index (χ1) is 7.38. The van der Waals surface area contributed by atoms with E-state index in [0.717, 1.165) is 6.07 Å². The summed E-state index contributed by atoms with van der Waals surface area (Å²) >= 11 is 8.83. The first-order valence-corrected chi connectivity index (χ1v) is 5.38. The van der Waals surface area contributed by atoms with Crippen molar-refractivity contribution in [3.05, 3.63) is 39.5 Å². The molecule has 0 unspecified atom stereocenters. The number of pyridine rings is 1. The molecule has 1 heterocycles. The molecular formula is C10H4BrClF3N. The minimum absolute atomic E-state index is 0.256. The molecule has 0 aliphatic heterocycles. The van der Waals surface area contributed by atoms with Crippen LogP contribution in [0.4, 0.5) is 13.2 Å². The molecule has 0 spiro atoms. The summed E-state index contributed by atoms with van der Waals surface area (Å²) in [7, 11) is 0. The van der Waals surface area contributed by atoms with Crippen LogP contribution in [0.15, 0.2) is 28.7 Å². The van der Waals surface area contributed by atoms with Crippen molar-refractivity contribution in [2.45, 2.75) is 6.18 Å². The lowest BCUT2D eigenvalue weighted by atomic mass is 10.2. The molecule has 1 aromatic carbocycles. The lowest BCUT2D eigenvalue weighted by Crippen LogP contribution is -2.07. The monoisotopic (exact) mass is 309 g/mol. The molecule has 0 saturated carbocycles. The van der Waals surface area contributed by atoms with Gasteiger partial charge in [0.1, 0.15) is 5.69 Å². The lowest BCUT2D eigenvalue weighted by Gasteiger charge is -2.08. The summed E-state index contributed by atoms with van der Waals surface area (Å²) in [5.74, 6) is 0. The maximum atomic E-state index is 12.5. The highest BCUT2D eigenvalue weighted by Crippen LogP contribution is 2.33. The Labute approximate surface area is 102 Å². The molecule has 1 aromatic heterocycles. The molecule has 2 rings (SSSR count). The van der Waals surface area contributed by atoms with Crippen LogP contribution >= 0.6 is 27.5 Å². The number of fused-ring (bicyclic) bond motifs is 1. The van der Waals surface area contributed by atoms with E-state index >= 15 is 0 Å². The highest BCUT2D eigenvalue weighted by molar-refractivity contribution is 9.10. The summed E-state index contributed by atoms with van der Waals surface area (Å²) in [6, 6.07) is 5.47. The molecule has 16 heavy (non-hydrogen) atoms. The third kappa shape index (κ3) is 2.15. The summed E-state index contributed by atoms with van der Waals surface area (Å²) in [6.07, 6.45) is -4.45. The highest BCUT2D eigenvalue weighted by Gasteiger charge is 2.33. The molecule has 0 atom stereocenters. The lowest BCUT2D eigenvalue weighted by molar-refractivity contribution is -0.141. The van der Waals surface area contributed by atoms with Gasteiger partial charge in [0.15, 0.2) is 0 Å². The summed E-state index contributed by atoms with van der Waals surface area (Å²) in [6.45, 7) is 0. The Kier molecular flexibility index (Phi) is 2.84. The Bertz CT molecular complexity index is 553. The van der Waals surface area contributed by atoms with E-state index in [2.05, 4.69) is 20.9 Å². The fourth-order valence-electron chi connectivity index (χ4n) is 1.30. The number of aromatic nitrogens is 1. The normalized spacial score (nSPS) is 12.1. The quantitative estimate of drug-likeness (QED) is 0.689. The maximum Gasteiger partial charge on any atom is 0.433 e. The van der Waals surface area contributed by atoms with Gasteiger partial charge in [-0.15, -0.1) is 0 Å². The van der Waals surface area contributed by atoms with Crippen molar-refractivity contribution in [2.24, 2.45) is 0 Å². The molecule has 0 amide bonds. The second-order valence-corrected chi connectivity index (χ2v) is 4.44. The van der Waals surface area contributed by atoms with E-state index in [9.17, 15) is 13.2 Å². The molecule has 2 aromatic rings. The van der Waals surface area contributed by atoms with Crippen LogP contribution in [0.25, 0.3) is 10.9 Å². The Morgan fingerprint density at radius 2 is 1.88 bits per heavy atom. The van der Waals surface area contributed by atoms with Crippen molar-refractivity contribution in [3.63, 3.8) is 0 Å². The standard InChI is InChI=1S/C10H4BrClF3N/c11-7-4-9(10(13,14)15)16-8-2-1-5(12)3-6(7)8/h1-4H. The van der Waals surface area contributed by atoms with Gasteiger partial charge in [0.2, 0.25) is 0 Å². The molecule has 0 N–H and O–H groups in total. The van der Waals surface area contributed by atoms with Crippen molar-refractivity contribution in [3.8, 4) is 0 Å². The third-order valence-corrected chi connectivity index (χ3v) is 2.90. The van der Waals surface area contributed by atoms with Gasteiger partial charge < -0.3 is 0 Å². The van der Waals surface area contributed by atoms with Gasteiger partial charge in [-0.25, -0.2) is 4.98 Å². The van der Waals surface area contributed by atoms with Crippen LogP contribution in [0.1, 0.15) is 5.69 Å². The van der Waals surface area contributed by atoms with Crippen LogP contribution in [-0.2, 0) is 6.18 Å². The molecule has 0 radical (unpaired) electrons. The van der Waals surface area contributed by atoms with Crippen LogP contribution < -0.4 is 0 Å². The van der Waals surface area contributed by atoms with Gasteiger partial charge in [-0.1, -0.05) is 27.5 Å². The maximum absolute atomic E-state index is 12.5. The number of halogens is 5. The van der Waals surface area contributed by atoms with E-state index in [0.29, 0.717) is 14.9 Å². The van der Waals surface area contributed by atoms with Crippen molar-refractivity contribution in [1.82, 2.24) is 4.98 Å². The van der Waals surface area contributed by atoms with E-state index in [4.69, 9.17) is 11.6 Å². The first kappa shape index (κ1) is 11.7. The third-order valence-electron chi connectivity index (χ3n) is 2.01. The fraction of sp³-hybridized carbons (Fsp3) is 0.100. The molecule has 0 aliphatic rings. The highest BCUT2D eigenvalue weighted by atomic mass is 79.9. The summed E-state index contributed by atoms with van der Waals surface area (Å²) < 4.78 is 37.7. The number of hydrogen-bond donors (Lipinski definition) is 0. The first-order valence-electron chi connectivity index (χ1n) is 4.21. The average molecular weight is 310 g/mol. The molecule has 0 bridgehead atoms.